The molecule has 0 amide bonds. The molecule has 1 aromatic carbocycles. The smallest absolute Gasteiger partial charge is 0.275 e. The molecule has 5 nitrogen and oxygen atoms in total. The monoisotopic (exact) mass is 309 g/mol. The fourth-order valence-corrected chi connectivity index (χ4v) is 2.34. The van der Waals surface area contributed by atoms with Gasteiger partial charge in [0.15, 0.2) is 5.03 Å². The second-order valence-electron chi connectivity index (χ2n) is 3.72. The van der Waals surface area contributed by atoms with E-state index in [1.54, 1.807) is 4.72 Å². The van der Waals surface area contributed by atoms with E-state index in [9.17, 15) is 26.0 Å². The number of alkyl halides is 3. The Bertz CT molecular complexity index is 711. The zero-order valence-corrected chi connectivity index (χ0v) is 10.4. The highest BCUT2D eigenvalue weighted by Gasteiger charge is 2.31. The Labute approximate surface area is 110 Å². The maximum Gasteiger partial charge on any atom is 0.416 e. The first-order valence-electron chi connectivity index (χ1n) is 5.09. The third-order valence-electron chi connectivity index (χ3n) is 2.30. The first-order chi connectivity index (χ1) is 9.20. The van der Waals surface area contributed by atoms with Gasteiger partial charge in [-0.2, -0.15) is 26.7 Å². The molecule has 1 heterocycles. The summed E-state index contributed by atoms with van der Waals surface area (Å²) in [7, 11) is -4.23. The van der Waals surface area contributed by atoms with Crippen molar-refractivity contribution in [3.05, 3.63) is 41.8 Å². The second kappa shape index (κ2) is 4.78. The number of halogens is 4. The van der Waals surface area contributed by atoms with E-state index in [4.69, 9.17) is 0 Å². The van der Waals surface area contributed by atoms with Crippen molar-refractivity contribution in [1.29, 1.82) is 0 Å². The summed E-state index contributed by atoms with van der Waals surface area (Å²) in [6.07, 6.45) is -3.57. The number of H-pyrrole nitrogens is 1. The summed E-state index contributed by atoms with van der Waals surface area (Å²) in [6.45, 7) is 0. The molecule has 0 aliphatic heterocycles. The van der Waals surface area contributed by atoms with Crippen LogP contribution in [0, 0.1) is 5.82 Å². The predicted octanol–water partition coefficient (Wildman–Crippen LogP) is 2.37. The summed E-state index contributed by atoms with van der Waals surface area (Å²) in [5.41, 5.74) is -1.96. The Morgan fingerprint density at radius 2 is 1.90 bits per heavy atom. The van der Waals surface area contributed by atoms with Crippen LogP contribution in [0.4, 0.5) is 23.2 Å². The van der Waals surface area contributed by atoms with Gasteiger partial charge in [0.25, 0.3) is 10.0 Å². The van der Waals surface area contributed by atoms with Crippen molar-refractivity contribution >= 4 is 15.7 Å². The molecule has 0 aliphatic carbocycles. The fourth-order valence-electron chi connectivity index (χ4n) is 1.37. The van der Waals surface area contributed by atoms with Gasteiger partial charge in [-0.05, 0) is 24.3 Å². The van der Waals surface area contributed by atoms with Gasteiger partial charge in [0, 0.05) is 0 Å². The van der Waals surface area contributed by atoms with Crippen LogP contribution < -0.4 is 4.72 Å². The molecule has 108 valence electrons. The molecule has 0 fully saturated rings. The van der Waals surface area contributed by atoms with Gasteiger partial charge in [-0.25, -0.2) is 4.39 Å². The normalized spacial score (nSPS) is 12.4. The standard InChI is InChI=1S/C10H7F4N3O2S/c11-7-2-1-6(10(12,13)14)5-8(7)17-20(18,19)9-3-4-15-16-9/h1-5,17H,(H,15,16). The lowest BCUT2D eigenvalue weighted by Gasteiger charge is -2.11. The Morgan fingerprint density at radius 1 is 1.20 bits per heavy atom. The van der Waals surface area contributed by atoms with Gasteiger partial charge in [-0.1, -0.05) is 0 Å². The van der Waals surface area contributed by atoms with Crippen molar-refractivity contribution < 1.29 is 26.0 Å². The fraction of sp³-hybridized carbons (Fsp3) is 0.100. The van der Waals surface area contributed by atoms with Gasteiger partial charge < -0.3 is 0 Å². The summed E-state index contributed by atoms with van der Waals surface area (Å²) >= 11 is 0. The summed E-state index contributed by atoms with van der Waals surface area (Å²) in [4.78, 5) is 0. The summed E-state index contributed by atoms with van der Waals surface area (Å²) in [6, 6.07) is 2.51. The number of hydrogen-bond donors (Lipinski definition) is 2. The van der Waals surface area contributed by atoms with E-state index in [0.29, 0.717) is 18.2 Å². The van der Waals surface area contributed by atoms with Crippen LogP contribution in [0.3, 0.4) is 0 Å². The van der Waals surface area contributed by atoms with Crippen LogP contribution in [0.15, 0.2) is 35.5 Å². The van der Waals surface area contributed by atoms with Gasteiger partial charge in [0.2, 0.25) is 0 Å². The van der Waals surface area contributed by atoms with E-state index in [2.05, 4.69) is 10.2 Å². The Morgan fingerprint density at radius 3 is 2.45 bits per heavy atom. The van der Waals surface area contributed by atoms with Gasteiger partial charge in [0.05, 0.1) is 17.4 Å². The maximum atomic E-state index is 13.4. The quantitative estimate of drug-likeness (QED) is 0.855. The van der Waals surface area contributed by atoms with Crippen molar-refractivity contribution in [1.82, 2.24) is 10.2 Å². The largest absolute Gasteiger partial charge is 0.416 e. The third kappa shape index (κ3) is 2.90. The number of anilines is 1. The highest BCUT2D eigenvalue weighted by Crippen LogP contribution is 2.32. The molecule has 0 atom stereocenters. The van der Waals surface area contributed by atoms with Gasteiger partial charge >= 0.3 is 6.18 Å². The lowest BCUT2D eigenvalue weighted by atomic mass is 10.2. The molecule has 0 unspecified atom stereocenters. The number of hydrogen-bond acceptors (Lipinski definition) is 3. The predicted molar refractivity (Wildman–Crippen MR) is 60.8 cm³/mol. The van der Waals surface area contributed by atoms with Crippen LogP contribution in [0.5, 0.6) is 0 Å². The number of rotatable bonds is 3. The average Bonchev–Trinajstić information content (AvgIpc) is 2.84. The highest BCUT2D eigenvalue weighted by molar-refractivity contribution is 7.92. The molecule has 0 spiro atoms. The third-order valence-corrected chi connectivity index (χ3v) is 3.60. The first-order valence-corrected chi connectivity index (χ1v) is 6.57. The van der Waals surface area contributed by atoms with Gasteiger partial charge in [-0.3, -0.25) is 9.82 Å². The van der Waals surface area contributed by atoms with E-state index < -0.39 is 38.3 Å². The number of aromatic amines is 1. The molecule has 2 aromatic rings. The molecule has 0 radical (unpaired) electrons. The molecule has 0 saturated carbocycles. The molecule has 20 heavy (non-hydrogen) atoms. The first kappa shape index (κ1) is 14.3. The highest BCUT2D eigenvalue weighted by atomic mass is 32.2. The van der Waals surface area contributed by atoms with E-state index >= 15 is 0 Å². The molecular weight excluding hydrogens is 302 g/mol. The van der Waals surface area contributed by atoms with Gasteiger partial charge in [-0.15, -0.1) is 0 Å². The number of benzene rings is 1. The van der Waals surface area contributed by atoms with Crippen molar-refractivity contribution in [2.24, 2.45) is 0 Å². The number of aromatic nitrogens is 2. The Hall–Kier alpha value is -2.10. The Balaban J connectivity index is 2.39. The second-order valence-corrected chi connectivity index (χ2v) is 5.37. The zero-order valence-electron chi connectivity index (χ0n) is 9.57. The number of sulfonamides is 1. The molecule has 2 N–H and O–H groups in total. The van der Waals surface area contributed by atoms with E-state index in [1.165, 1.54) is 0 Å². The van der Waals surface area contributed by atoms with Crippen LogP contribution in [-0.4, -0.2) is 18.6 Å². The number of nitrogens with zero attached hydrogens (tertiary/aromatic N) is 1. The molecule has 0 aliphatic rings. The minimum absolute atomic E-state index is 0.378. The van der Waals surface area contributed by atoms with Crippen LogP contribution >= 0.6 is 0 Å². The molecule has 0 saturated heterocycles. The lowest BCUT2D eigenvalue weighted by Crippen LogP contribution is -2.15. The zero-order chi connectivity index (χ0) is 15.0. The minimum atomic E-state index is -4.71. The molecule has 0 bridgehead atoms. The maximum absolute atomic E-state index is 13.4. The Kier molecular flexibility index (Phi) is 3.42. The van der Waals surface area contributed by atoms with Gasteiger partial charge in [0.1, 0.15) is 5.82 Å². The summed E-state index contributed by atoms with van der Waals surface area (Å²) in [5, 5.41) is 5.11. The van der Waals surface area contributed by atoms with Crippen molar-refractivity contribution in [3.8, 4) is 0 Å². The van der Waals surface area contributed by atoms with E-state index in [1.807, 2.05) is 0 Å². The SMILES string of the molecule is O=S(=O)(Nc1cc(C(F)(F)F)ccc1F)c1ccn[nH]1. The summed E-state index contributed by atoms with van der Waals surface area (Å²) in [5.74, 6) is -1.12. The summed E-state index contributed by atoms with van der Waals surface area (Å²) < 4.78 is 76.1. The van der Waals surface area contributed by atoms with Crippen molar-refractivity contribution in [3.63, 3.8) is 0 Å². The van der Waals surface area contributed by atoms with Crippen LogP contribution in [0.1, 0.15) is 5.56 Å². The van der Waals surface area contributed by atoms with Crippen molar-refractivity contribution in [2.75, 3.05) is 4.72 Å². The van der Waals surface area contributed by atoms with Crippen LogP contribution in [-0.2, 0) is 16.2 Å². The van der Waals surface area contributed by atoms with Crippen molar-refractivity contribution in [2.45, 2.75) is 11.2 Å². The van der Waals surface area contributed by atoms with E-state index in [-0.39, 0.29) is 0 Å². The molecule has 2 rings (SSSR count). The molecule has 10 heteroatoms. The molecule has 1 aromatic heterocycles. The lowest BCUT2D eigenvalue weighted by molar-refractivity contribution is -0.137. The minimum Gasteiger partial charge on any atom is -0.275 e. The molecular formula is C10H7F4N3O2S. The average molecular weight is 309 g/mol. The van der Waals surface area contributed by atoms with Crippen LogP contribution in [0.2, 0.25) is 0 Å². The van der Waals surface area contributed by atoms with Crippen LogP contribution in [0.25, 0.3) is 0 Å². The number of nitrogens with one attached hydrogen (secondary N) is 2. The topological polar surface area (TPSA) is 74.8 Å². The van der Waals surface area contributed by atoms with E-state index in [0.717, 1.165) is 12.3 Å².